The number of carboxylic acids is 1. The van der Waals surface area contributed by atoms with Crippen LogP contribution < -0.4 is 11.1 Å². The van der Waals surface area contributed by atoms with E-state index in [9.17, 15) is 14.4 Å². The number of nitrogens with one attached hydrogen (secondary N) is 1. The molecule has 1 aromatic carbocycles. The summed E-state index contributed by atoms with van der Waals surface area (Å²) in [5.74, 6) is -1.39. The van der Waals surface area contributed by atoms with Crippen molar-refractivity contribution in [2.45, 2.75) is 71.8 Å². The minimum Gasteiger partial charge on any atom is -0.480 e. The lowest BCUT2D eigenvalue weighted by Crippen LogP contribution is -2.43. The van der Waals surface area contributed by atoms with Crippen LogP contribution in [0.25, 0.3) is 0 Å². The fraction of sp³-hybridized carbons (Fsp3) is 0.550. The molecule has 0 radical (unpaired) electrons. The summed E-state index contributed by atoms with van der Waals surface area (Å²) in [5.41, 5.74) is 5.87. The van der Waals surface area contributed by atoms with Gasteiger partial charge >= 0.3 is 18.0 Å². The van der Waals surface area contributed by atoms with E-state index in [2.05, 4.69) is 5.32 Å². The predicted octanol–water partition coefficient (Wildman–Crippen LogP) is 2.84. The molecular formula is C20H32N2O6. The minimum absolute atomic E-state index is 0.299. The highest BCUT2D eigenvalue weighted by molar-refractivity contribution is 5.79. The average molecular weight is 396 g/mol. The Labute approximate surface area is 166 Å². The number of alkyl carbamates (subject to hydrolysis) is 1. The lowest BCUT2D eigenvalue weighted by Gasteiger charge is -2.21. The molecule has 0 fully saturated rings. The van der Waals surface area contributed by atoms with Gasteiger partial charge in [0.15, 0.2) is 0 Å². The van der Waals surface area contributed by atoms with Crippen LogP contribution in [-0.2, 0) is 25.7 Å². The van der Waals surface area contributed by atoms with E-state index in [1.807, 2.05) is 37.3 Å². The number of carbonyl (C=O) groups excluding carboxylic acids is 2. The van der Waals surface area contributed by atoms with Gasteiger partial charge in [-0.1, -0.05) is 44.2 Å². The highest BCUT2D eigenvalue weighted by Crippen LogP contribution is 2.07. The highest BCUT2D eigenvalue weighted by Gasteiger charge is 2.22. The van der Waals surface area contributed by atoms with E-state index in [4.69, 9.17) is 20.3 Å². The molecule has 28 heavy (non-hydrogen) atoms. The van der Waals surface area contributed by atoms with Gasteiger partial charge in [-0.2, -0.15) is 0 Å². The van der Waals surface area contributed by atoms with E-state index in [0.29, 0.717) is 19.4 Å². The van der Waals surface area contributed by atoms with Crippen molar-refractivity contribution in [1.82, 2.24) is 5.32 Å². The van der Waals surface area contributed by atoms with Gasteiger partial charge in [0.05, 0.1) is 0 Å². The average Bonchev–Trinajstić information content (AvgIpc) is 2.63. The Morgan fingerprint density at radius 2 is 1.68 bits per heavy atom. The second-order valence-corrected chi connectivity index (χ2v) is 7.05. The summed E-state index contributed by atoms with van der Waals surface area (Å²) in [6.45, 7) is 8.98. The number of aliphatic carboxylic acids is 1. The second-order valence-electron chi connectivity index (χ2n) is 7.05. The van der Waals surface area contributed by atoms with E-state index < -0.39 is 29.7 Å². The Balaban J connectivity index is 0.000000521. The number of benzene rings is 1. The van der Waals surface area contributed by atoms with Gasteiger partial charge in [-0.05, 0) is 39.2 Å². The molecule has 0 heterocycles. The number of hydrogen-bond donors (Lipinski definition) is 3. The SMILES string of the molecule is CC[C@H](N)C(=O)OCc1ccccc1.CC[C@H](NC(=O)OC(C)(C)C)C(=O)O. The van der Waals surface area contributed by atoms with Gasteiger partial charge in [0.1, 0.15) is 24.3 Å². The molecule has 0 aliphatic carbocycles. The first kappa shape index (κ1) is 25.4. The first-order valence-corrected chi connectivity index (χ1v) is 9.18. The predicted molar refractivity (Wildman–Crippen MR) is 106 cm³/mol. The molecule has 0 saturated carbocycles. The molecule has 0 bridgehead atoms. The van der Waals surface area contributed by atoms with E-state index in [1.54, 1.807) is 27.7 Å². The summed E-state index contributed by atoms with van der Waals surface area (Å²) in [6.07, 6.45) is 0.231. The zero-order valence-electron chi connectivity index (χ0n) is 17.2. The van der Waals surface area contributed by atoms with Crippen molar-refractivity contribution in [1.29, 1.82) is 0 Å². The van der Waals surface area contributed by atoms with Gasteiger partial charge in [0, 0.05) is 0 Å². The van der Waals surface area contributed by atoms with E-state index >= 15 is 0 Å². The highest BCUT2D eigenvalue weighted by atomic mass is 16.6. The molecule has 4 N–H and O–H groups in total. The third-order valence-corrected chi connectivity index (χ3v) is 3.36. The topological polar surface area (TPSA) is 128 Å². The smallest absolute Gasteiger partial charge is 0.408 e. The molecule has 1 rings (SSSR count). The van der Waals surface area contributed by atoms with Gasteiger partial charge < -0.3 is 25.6 Å². The Kier molecular flexibility index (Phi) is 11.5. The van der Waals surface area contributed by atoms with E-state index in [-0.39, 0.29) is 5.97 Å². The molecule has 0 aromatic heterocycles. The Morgan fingerprint density at radius 3 is 2.11 bits per heavy atom. The fourth-order valence-electron chi connectivity index (χ4n) is 1.79. The molecule has 8 heteroatoms. The molecule has 0 aliphatic heterocycles. The minimum atomic E-state index is -1.06. The number of esters is 1. The van der Waals surface area contributed by atoms with Crippen molar-refractivity contribution in [3.63, 3.8) is 0 Å². The van der Waals surface area contributed by atoms with Gasteiger partial charge in [-0.15, -0.1) is 0 Å². The summed E-state index contributed by atoms with van der Waals surface area (Å²) in [6, 6.07) is 8.16. The van der Waals surface area contributed by atoms with Gasteiger partial charge in [-0.3, -0.25) is 4.79 Å². The lowest BCUT2D eigenvalue weighted by molar-refractivity contribution is -0.146. The number of rotatable bonds is 7. The van der Waals surface area contributed by atoms with Gasteiger partial charge in [0.25, 0.3) is 0 Å². The number of nitrogens with two attached hydrogens (primary N) is 1. The van der Waals surface area contributed by atoms with Crippen molar-refractivity contribution in [3.8, 4) is 0 Å². The first-order chi connectivity index (χ1) is 13.0. The maximum atomic E-state index is 11.2. The molecule has 0 aliphatic rings. The van der Waals surface area contributed by atoms with Crippen LogP contribution in [0.1, 0.15) is 53.0 Å². The third-order valence-electron chi connectivity index (χ3n) is 3.36. The molecule has 2 atom stereocenters. The Morgan fingerprint density at radius 1 is 1.11 bits per heavy atom. The quantitative estimate of drug-likeness (QED) is 0.605. The molecule has 0 spiro atoms. The Hall–Kier alpha value is -2.61. The lowest BCUT2D eigenvalue weighted by atomic mass is 10.2. The normalized spacial score (nSPS) is 12.6. The summed E-state index contributed by atoms with van der Waals surface area (Å²) < 4.78 is 9.92. The van der Waals surface area contributed by atoms with Crippen molar-refractivity contribution in [2.24, 2.45) is 5.73 Å². The summed E-state index contributed by atoms with van der Waals surface area (Å²) in [7, 11) is 0. The maximum Gasteiger partial charge on any atom is 0.408 e. The van der Waals surface area contributed by atoms with E-state index in [0.717, 1.165) is 5.56 Å². The number of hydrogen-bond acceptors (Lipinski definition) is 6. The maximum absolute atomic E-state index is 11.2. The summed E-state index contributed by atoms with van der Waals surface area (Å²) >= 11 is 0. The van der Waals surface area contributed by atoms with Crippen molar-refractivity contribution < 1.29 is 29.0 Å². The largest absolute Gasteiger partial charge is 0.480 e. The van der Waals surface area contributed by atoms with Crippen LogP contribution in [0.4, 0.5) is 4.79 Å². The fourth-order valence-corrected chi connectivity index (χ4v) is 1.79. The van der Waals surface area contributed by atoms with Crippen molar-refractivity contribution >= 4 is 18.0 Å². The standard InChI is InChI=1S/C11H15NO2.C9H17NO4/c1-2-10(12)11(13)14-8-9-6-4-3-5-7-9;1-5-6(7(11)12)10-8(13)14-9(2,3)4/h3-7,10H,2,8,12H2,1H3;6H,5H2,1-4H3,(H,10,13)(H,11,12)/t10-;6-/m00/s1. The van der Waals surface area contributed by atoms with E-state index in [1.165, 1.54) is 0 Å². The molecule has 0 unspecified atom stereocenters. The number of carbonyl (C=O) groups is 3. The van der Waals surface area contributed by atoms with Gasteiger partial charge in [0.2, 0.25) is 0 Å². The number of carboxylic acid groups (broad SMARTS) is 1. The summed E-state index contributed by atoms with van der Waals surface area (Å²) in [4.78, 5) is 32.9. The second kappa shape index (κ2) is 12.7. The Bertz CT molecular complexity index is 613. The van der Waals surface area contributed by atoms with Crippen LogP contribution in [-0.4, -0.2) is 40.8 Å². The van der Waals surface area contributed by atoms with Crippen LogP contribution in [0.15, 0.2) is 30.3 Å². The zero-order chi connectivity index (χ0) is 21.7. The number of amides is 1. The molecule has 1 aromatic rings. The van der Waals surface area contributed by atoms with Crippen LogP contribution in [0, 0.1) is 0 Å². The van der Waals surface area contributed by atoms with Crippen molar-refractivity contribution in [2.75, 3.05) is 0 Å². The molecule has 8 nitrogen and oxygen atoms in total. The first-order valence-electron chi connectivity index (χ1n) is 9.18. The van der Waals surface area contributed by atoms with Crippen LogP contribution >= 0.6 is 0 Å². The zero-order valence-corrected chi connectivity index (χ0v) is 17.2. The van der Waals surface area contributed by atoms with Crippen LogP contribution in [0.2, 0.25) is 0 Å². The molecular weight excluding hydrogens is 364 g/mol. The molecule has 1 amide bonds. The van der Waals surface area contributed by atoms with Gasteiger partial charge in [-0.25, -0.2) is 9.59 Å². The van der Waals surface area contributed by atoms with Crippen LogP contribution in [0.3, 0.4) is 0 Å². The third kappa shape index (κ3) is 11.9. The monoisotopic (exact) mass is 396 g/mol. The molecule has 158 valence electrons. The number of ether oxygens (including phenoxy) is 2. The summed E-state index contributed by atoms with van der Waals surface area (Å²) in [5, 5.41) is 10.9. The van der Waals surface area contributed by atoms with Crippen molar-refractivity contribution in [3.05, 3.63) is 35.9 Å². The molecule has 0 saturated heterocycles. The van der Waals surface area contributed by atoms with Crippen LogP contribution in [0.5, 0.6) is 0 Å².